The molecule has 1 atom stereocenters. The summed E-state index contributed by atoms with van der Waals surface area (Å²) in [5.41, 5.74) is 5.59. The van der Waals surface area contributed by atoms with Crippen molar-refractivity contribution in [2.75, 3.05) is 17.2 Å². The Hall–Kier alpha value is -1.41. The van der Waals surface area contributed by atoms with Gasteiger partial charge in [0, 0.05) is 19.0 Å². The van der Waals surface area contributed by atoms with Crippen LogP contribution in [0.4, 0.5) is 19.7 Å². The van der Waals surface area contributed by atoms with Crippen molar-refractivity contribution in [2.45, 2.75) is 11.7 Å². The first-order valence-corrected chi connectivity index (χ1v) is 7.01. The molecule has 0 bridgehead atoms. The number of benzene rings is 1. The fourth-order valence-corrected chi connectivity index (χ4v) is 2.72. The Kier molecular flexibility index (Phi) is 3.40. The zero-order chi connectivity index (χ0) is 14.4. The van der Waals surface area contributed by atoms with E-state index in [0.717, 1.165) is 17.0 Å². The lowest BCUT2D eigenvalue weighted by atomic mass is 10.2. The van der Waals surface area contributed by atoms with E-state index in [1.54, 1.807) is 0 Å². The van der Waals surface area contributed by atoms with Gasteiger partial charge in [-0.15, -0.1) is 3.89 Å². The van der Waals surface area contributed by atoms with Gasteiger partial charge in [-0.05, 0) is 6.07 Å². The van der Waals surface area contributed by atoms with Crippen LogP contribution in [0.3, 0.4) is 0 Å². The first-order valence-electron chi connectivity index (χ1n) is 5.18. The van der Waals surface area contributed by atoms with Gasteiger partial charge >= 0.3 is 10.2 Å². The normalized spacial score (nSPS) is 20.1. The summed E-state index contributed by atoms with van der Waals surface area (Å²) in [5, 5.41) is -1.68. The van der Waals surface area contributed by atoms with Gasteiger partial charge in [-0.3, -0.25) is 4.79 Å². The summed E-state index contributed by atoms with van der Waals surface area (Å²) in [7, 11) is -4.83. The molecule has 1 amide bonds. The Morgan fingerprint density at radius 1 is 1.42 bits per heavy atom. The number of carbonyl (C=O) groups is 1. The minimum Gasteiger partial charge on any atom is -0.397 e. The van der Waals surface area contributed by atoms with Gasteiger partial charge in [0.2, 0.25) is 5.91 Å². The zero-order valence-electron chi connectivity index (χ0n) is 9.44. The van der Waals surface area contributed by atoms with Crippen LogP contribution in [-0.4, -0.2) is 26.1 Å². The number of rotatable bonds is 2. The molecule has 2 N–H and O–H groups in total. The minimum atomic E-state index is -4.83. The topological polar surface area (TPSA) is 80.5 Å². The minimum absolute atomic E-state index is 0.0108. The highest BCUT2D eigenvalue weighted by atomic mass is 35.5. The standard InChI is InChI=1S/C10H9ClF2N2O3S/c11-6-2-8(14)9(3-7(6)12)15-4-5(1-10(15)16)19(13,17)18/h2-3,5H,1,4,14H2. The maximum absolute atomic E-state index is 13.4. The van der Waals surface area contributed by atoms with Gasteiger partial charge < -0.3 is 10.6 Å². The van der Waals surface area contributed by atoms with Gasteiger partial charge in [0.25, 0.3) is 0 Å². The van der Waals surface area contributed by atoms with E-state index in [0.29, 0.717) is 0 Å². The summed E-state index contributed by atoms with van der Waals surface area (Å²) >= 11 is 5.52. The third-order valence-corrected chi connectivity index (χ3v) is 4.25. The van der Waals surface area contributed by atoms with Crippen LogP contribution >= 0.6 is 11.6 Å². The molecule has 0 aliphatic carbocycles. The average Bonchev–Trinajstić information content (AvgIpc) is 2.65. The Bertz CT molecular complexity index is 650. The predicted molar refractivity (Wildman–Crippen MR) is 66.6 cm³/mol. The van der Waals surface area contributed by atoms with Crippen LogP contribution < -0.4 is 10.6 Å². The van der Waals surface area contributed by atoms with Crippen molar-refractivity contribution in [3.05, 3.63) is 23.0 Å². The maximum atomic E-state index is 13.4. The fraction of sp³-hybridized carbons (Fsp3) is 0.300. The SMILES string of the molecule is Nc1cc(Cl)c(F)cc1N1CC(S(=O)(=O)F)CC1=O. The maximum Gasteiger partial charge on any atom is 0.307 e. The van der Waals surface area contributed by atoms with Crippen molar-refractivity contribution in [3.8, 4) is 0 Å². The van der Waals surface area contributed by atoms with Crippen molar-refractivity contribution in [3.63, 3.8) is 0 Å². The second kappa shape index (κ2) is 4.61. The lowest BCUT2D eigenvalue weighted by Gasteiger charge is -2.18. The van der Waals surface area contributed by atoms with E-state index < -0.39 is 40.2 Å². The summed E-state index contributed by atoms with van der Waals surface area (Å²) in [4.78, 5) is 12.6. The molecule has 19 heavy (non-hydrogen) atoms. The van der Waals surface area contributed by atoms with E-state index in [2.05, 4.69) is 0 Å². The first-order chi connectivity index (χ1) is 8.70. The molecular formula is C10H9ClF2N2O3S. The number of amides is 1. The van der Waals surface area contributed by atoms with Crippen LogP contribution in [0.25, 0.3) is 0 Å². The smallest absolute Gasteiger partial charge is 0.307 e. The molecule has 1 heterocycles. The monoisotopic (exact) mass is 310 g/mol. The van der Waals surface area contributed by atoms with E-state index in [4.69, 9.17) is 17.3 Å². The lowest BCUT2D eigenvalue weighted by molar-refractivity contribution is -0.117. The van der Waals surface area contributed by atoms with Crippen molar-refractivity contribution < 1.29 is 21.5 Å². The number of nitrogens with two attached hydrogens (primary N) is 1. The number of hydrogen-bond acceptors (Lipinski definition) is 4. The van der Waals surface area contributed by atoms with Crippen LogP contribution in [-0.2, 0) is 15.0 Å². The molecule has 1 aromatic rings. The van der Waals surface area contributed by atoms with Crippen LogP contribution in [0.2, 0.25) is 5.02 Å². The third kappa shape index (κ3) is 2.64. The fourth-order valence-electron chi connectivity index (χ4n) is 1.88. The van der Waals surface area contributed by atoms with E-state index in [1.807, 2.05) is 0 Å². The highest BCUT2D eigenvalue weighted by Gasteiger charge is 2.39. The Balaban J connectivity index is 2.39. The number of nitrogens with zero attached hydrogens (tertiary/aromatic N) is 1. The van der Waals surface area contributed by atoms with Gasteiger partial charge in [0.05, 0.1) is 16.4 Å². The van der Waals surface area contributed by atoms with Crippen LogP contribution in [0.1, 0.15) is 6.42 Å². The summed E-state index contributed by atoms with van der Waals surface area (Å²) in [6.45, 7) is -0.400. The molecule has 9 heteroatoms. The predicted octanol–water partition coefficient (Wildman–Crippen LogP) is 1.47. The molecule has 1 aliphatic rings. The van der Waals surface area contributed by atoms with Gasteiger partial charge in [0.1, 0.15) is 11.1 Å². The van der Waals surface area contributed by atoms with Gasteiger partial charge in [-0.2, -0.15) is 8.42 Å². The molecule has 1 saturated heterocycles. The molecule has 0 spiro atoms. The number of nitrogen functional groups attached to an aromatic ring is 1. The van der Waals surface area contributed by atoms with Crippen LogP contribution in [0, 0.1) is 5.82 Å². The Labute approximate surface area is 113 Å². The van der Waals surface area contributed by atoms with E-state index in [1.165, 1.54) is 0 Å². The van der Waals surface area contributed by atoms with E-state index in [-0.39, 0.29) is 16.4 Å². The van der Waals surface area contributed by atoms with Gasteiger partial charge in [0.15, 0.2) is 0 Å². The second-order valence-corrected chi connectivity index (χ2v) is 6.16. The van der Waals surface area contributed by atoms with Crippen molar-refractivity contribution in [2.24, 2.45) is 0 Å². The highest BCUT2D eigenvalue weighted by Crippen LogP contribution is 2.33. The molecule has 104 valence electrons. The quantitative estimate of drug-likeness (QED) is 0.662. The zero-order valence-corrected chi connectivity index (χ0v) is 11.0. The first kappa shape index (κ1) is 14.0. The summed E-state index contributed by atoms with van der Waals surface area (Å²) in [5.74, 6) is -1.44. The molecule has 5 nitrogen and oxygen atoms in total. The lowest BCUT2D eigenvalue weighted by Crippen LogP contribution is -2.27. The summed E-state index contributed by atoms with van der Waals surface area (Å²) in [6.07, 6.45) is -0.498. The Morgan fingerprint density at radius 2 is 2.05 bits per heavy atom. The van der Waals surface area contributed by atoms with Crippen molar-refractivity contribution >= 4 is 39.1 Å². The van der Waals surface area contributed by atoms with Gasteiger partial charge in [-0.1, -0.05) is 11.6 Å². The molecule has 2 rings (SSSR count). The Morgan fingerprint density at radius 3 is 2.58 bits per heavy atom. The molecule has 1 unspecified atom stereocenters. The largest absolute Gasteiger partial charge is 0.397 e. The highest BCUT2D eigenvalue weighted by molar-refractivity contribution is 7.87. The van der Waals surface area contributed by atoms with Crippen molar-refractivity contribution in [1.82, 2.24) is 0 Å². The molecule has 0 aromatic heterocycles. The van der Waals surface area contributed by atoms with Crippen LogP contribution in [0.5, 0.6) is 0 Å². The molecule has 1 fully saturated rings. The van der Waals surface area contributed by atoms with Crippen LogP contribution in [0.15, 0.2) is 12.1 Å². The number of halogens is 3. The van der Waals surface area contributed by atoms with Crippen molar-refractivity contribution in [1.29, 1.82) is 0 Å². The van der Waals surface area contributed by atoms with Gasteiger partial charge in [-0.25, -0.2) is 4.39 Å². The number of hydrogen-bond donors (Lipinski definition) is 1. The summed E-state index contributed by atoms with van der Waals surface area (Å²) in [6, 6.07) is 2.03. The molecule has 1 aromatic carbocycles. The number of carbonyl (C=O) groups excluding carboxylic acids is 1. The second-order valence-electron chi connectivity index (χ2n) is 4.13. The number of anilines is 2. The molecule has 0 saturated carbocycles. The average molecular weight is 311 g/mol. The molecule has 1 aliphatic heterocycles. The van der Waals surface area contributed by atoms with E-state index >= 15 is 0 Å². The third-order valence-electron chi connectivity index (χ3n) is 2.85. The molecular weight excluding hydrogens is 302 g/mol. The molecule has 0 radical (unpaired) electrons. The summed E-state index contributed by atoms with van der Waals surface area (Å²) < 4.78 is 47.8. The van der Waals surface area contributed by atoms with E-state index in [9.17, 15) is 21.5 Å².